The van der Waals surface area contributed by atoms with Gasteiger partial charge in [0.25, 0.3) is 5.22 Å². The molecular formula is C22H17N5O3S2. The van der Waals surface area contributed by atoms with E-state index >= 15 is 0 Å². The van der Waals surface area contributed by atoms with Gasteiger partial charge in [-0.1, -0.05) is 29.2 Å². The van der Waals surface area contributed by atoms with Gasteiger partial charge < -0.3 is 14.5 Å². The monoisotopic (exact) mass is 463 g/mol. The highest BCUT2D eigenvalue weighted by Gasteiger charge is 2.13. The molecule has 0 aliphatic rings. The van der Waals surface area contributed by atoms with Crippen LogP contribution in [-0.2, 0) is 4.79 Å². The van der Waals surface area contributed by atoms with Gasteiger partial charge in [-0.2, -0.15) is 0 Å². The normalized spacial score (nSPS) is 11.2. The Hall–Kier alpha value is -3.50. The summed E-state index contributed by atoms with van der Waals surface area (Å²) in [4.78, 5) is 21.1. The SMILES string of the molecule is CCOc1ccc2nc(NC(=O)CSc3nnc(-c4ccc5ncccc5c4)o3)sc2c1. The average molecular weight is 464 g/mol. The van der Waals surface area contributed by atoms with Crippen LogP contribution in [0.25, 0.3) is 32.6 Å². The number of benzene rings is 2. The van der Waals surface area contributed by atoms with E-state index in [0.717, 1.165) is 32.4 Å². The van der Waals surface area contributed by atoms with Crippen LogP contribution in [0.5, 0.6) is 5.75 Å². The minimum atomic E-state index is -0.199. The number of rotatable bonds is 7. The van der Waals surface area contributed by atoms with E-state index < -0.39 is 0 Å². The molecule has 32 heavy (non-hydrogen) atoms. The molecule has 0 unspecified atom stereocenters. The lowest BCUT2D eigenvalue weighted by Crippen LogP contribution is -2.13. The number of nitrogens with one attached hydrogen (secondary N) is 1. The molecule has 0 fully saturated rings. The van der Waals surface area contributed by atoms with Crippen LogP contribution in [0.3, 0.4) is 0 Å². The van der Waals surface area contributed by atoms with Crippen LogP contribution in [0, 0.1) is 0 Å². The third-order valence-electron chi connectivity index (χ3n) is 4.50. The zero-order chi connectivity index (χ0) is 21.9. The van der Waals surface area contributed by atoms with Gasteiger partial charge in [-0.15, -0.1) is 10.2 Å². The maximum Gasteiger partial charge on any atom is 0.277 e. The number of aromatic nitrogens is 4. The third-order valence-corrected chi connectivity index (χ3v) is 6.25. The van der Waals surface area contributed by atoms with Crippen molar-refractivity contribution in [3.8, 4) is 17.2 Å². The minimum Gasteiger partial charge on any atom is -0.494 e. The van der Waals surface area contributed by atoms with E-state index in [1.54, 1.807) is 6.20 Å². The average Bonchev–Trinajstić information content (AvgIpc) is 3.44. The number of hydrogen-bond donors (Lipinski definition) is 1. The molecule has 5 rings (SSSR count). The van der Waals surface area contributed by atoms with Crippen LogP contribution in [0.2, 0.25) is 0 Å². The van der Waals surface area contributed by atoms with Crippen molar-refractivity contribution in [1.82, 2.24) is 20.2 Å². The second-order valence-electron chi connectivity index (χ2n) is 6.70. The first kappa shape index (κ1) is 20.4. The number of nitrogens with zero attached hydrogens (tertiary/aromatic N) is 4. The summed E-state index contributed by atoms with van der Waals surface area (Å²) in [5.74, 6) is 1.11. The second-order valence-corrected chi connectivity index (χ2v) is 8.66. The summed E-state index contributed by atoms with van der Waals surface area (Å²) in [6.45, 7) is 2.53. The molecule has 1 N–H and O–H groups in total. The van der Waals surface area contributed by atoms with Crippen molar-refractivity contribution >= 4 is 55.3 Å². The van der Waals surface area contributed by atoms with Crippen molar-refractivity contribution in [2.75, 3.05) is 17.7 Å². The van der Waals surface area contributed by atoms with Crippen LogP contribution in [0.15, 0.2) is 64.4 Å². The van der Waals surface area contributed by atoms with E-state index in [2.05, 4.69) is 25.5 Å². The summed E-state index contributed by atoms with van der Waals surface area (Å²) in [6, 6.07) is 15.3. The highest BCUT2D eigenvalue weighted by atomic mass is 32.2. The Morgan fingerprint density at radius 3 is 2.97 bits per heavy atom. The van der Waals surface area contributed by atoms with Crippen molar-refractivity contribution in [2.45, 2.75) is 12.1 Å². The summed E-state index contributed by atoms with van der Waals surface area (Å²) in [5.41, 5.74) is 2.51. The van der Waals surface area contributed by atoms with E-state index in [0.29, 0.717) is 22.9 Å². The highest BCUT2D eigenvalue weighted by molar-refractivity contribution is 7.99. The number of pyridine rings is 1. The molecule has 10 heteroatoms. The highest BCUT2D eigenvalue weighted by Crippen LogP contribution is 2.30. The van der Waals surface area contributed by atoms with Crippen LogP contribution < -0.4 is 10.1 Å². The standard InChI is InChI=1S/C22H17N5O3S2/c1-2-29-15-6-8-17-18(11-15)32-21(24-17)25-19(28)12-31-22-27-26-20(30-22)14-5-7-16-13(10-14)4-3-9-23-16/h3-11H,2,12H2,1H3,(H,24,25,28). The molecule has 0 atom stereocenters. The summed E-state index contributed by atoms with van der Waals surface area (Å²) in [5, 5.41) is 12.8. The van der Waals surface area contributed by atoms with Gasteiger partial charge in [-0.3, -0.25) is 9.78 Å². The largest absolute Gasteiger partial charge is 0.494 e. The van der Waals surface area contributed by atoms with E-state index in [1.165, 1.54) is 23.1 Å². The molecule has 3 aromatic heterocycles. The molecule has 0 aliphatic heterocycles. The molecule has 0 aliphatic carbocycles. The van der Waals surface area contributed by atoms with Crippen LogP contribution in [0.1, 0.15) is 6.92 Å². The lowest BCUT2D eigenvalue weighted by Gasteiger charge is -2.00. The van der Waals surface area contributed by atoms with Crippen molar-refractivity contribution in [1.29, 1.82) is 0 Å². The predicted octanol–water partition coefficient (Wildman–Crippen LogP) is 5.02. The van der Waals surface area contributed by atoms with Gasteiger partial charge in [0.1, 0.15) is 5.75 Å². The molecule has 0 radical (unpaired) electrons. The molecule has 0 bridgehead atoms. The first-order valence-corrected chi connectivity index (χ1v) is 11.6. The predicted molar refractivity (Wildman–Crippen MR) is 125 cm³/mol. The van der Waals surface area contributed by atoms with Gasteiger partial charge in [0.05, 0.1) is 28.1 Å². The summed E-state index contributed by atoms with van der Waals surface area (Å²) in [7, 11) is 0. The number of amides is 1. The molecule has 3 heterocycles. The fraction of sp³-hybridized carbons (Fsp3) is 0.136. The lowest BCUT2D eigenvalue weighted by molar-refractivity contribution is -0.113. The number of carbonyl (C=O) groups is 1. The van der Waals surface area contributed by atoms with E-state index in [-0.39, 0.29) is 11.7 Å². The van der Waals surface area contributed by atoms with E-state index in [4.69, 9.17) is 9.15 Å². The number of thiazole rings is 1. The van der Waals surface area contributed by atoms with Gasteiger partial charge in [-0.25, -0.2) is 4.98 Å². The summed E-state index contributed by atoms with van der Waals surface area (Å²) >= 11 is 2.58. The van der Waals surface area contributed by atoms with Crippen LogP contribution in [-0.4, -0.2) is 38.4 Å². The number of carbonyl (C=O) groups excluding carboxylic acids is 1. The quantitative estimate of drug-likeness (QED) is 0.336. The molecule has 1 amide bonds. The lowest BCUT2D eigenvalue weighted by atomic mass is 10.1. The number of thioether (sulfide) groups is 1. The third kappa shape index (κ3) is 4.41. The maximum atomic E-state index is 12.4. The Labute approximate surface area is 191 Å². The molecule has 2 aromatic carbocycles. The van der Waals surface area contributed by atoms with Gasteiger partial charge in [0.15, 0.2) is 5.13 Å². The van der Waals surface area contributed by atoms with Gasteiger partial charge in [0, 0.05) is 17.1 Å². The number of fused-ring (bicyclic) bond motifs is 2. The Bertz CT molecular complexity index is 1420. The van der Waals surface area contributed by atoms with E-state index in [1.807, 2.05) is 55.5 Å². The minimum absolute atomic E-state index is 0.128. The maximum absolute atomic E-state index is 12.4. The van der Waals surface area contributed by atoms with Gasteiger partial charge >= 0.3 is 0 Å². The first-order valence-electron chi connectivity index (χ1n) is 9.82. The molecule has 0 spiro atoms. The fourth-order valence-corrected chi connectivity index (χ4v) is 4.56. The van der Waals surface area contributed by atoms with Crippen LogP contribution in [0.4, 0.5) is 5.13 Å². The Balaban J connectivity index is 1.22. The van der Waals surface area contributed by atoms with E-state index in [9.17, 15) is 4.79 Å². The van der Waals surface area contributed by atoms with Crippen LogP contribution >= 0.6 is 23.1 Å². The van der Waals surface area contributed by atoms with Crippen molar-refractivity contribution in [3.63, 3.8) is 0 Å². The van der Waals surface area contributed by atoms with Crippen molar-refractivity contribution in [2.24, 2.45) is 0 Å². The smallest absolute Gasteiger partial charge is 0.277 e. The van der Waals surface area contributed by atoms with Crippen molar-refractivity contribution < 1.29 is 13.9 Å². The van der Waals surface area contributed by atoms with Gasteiger partial charge in [-0.05, 0) is 49.4 Å². The number of ether oxygens (including phenoxy) is 1. The molecule has 0 saturated carbocycles. The summed E-state index contributed by atoms with van der Waals surface area (Å²) in [6.07, 6.45) is 1.75. The molecule has 5 aromatic rings. The topological polar surface area (TPSA) is 103 Å². The first-order chi connectivity index (χ1) is 15.7. The van der Waals surface area contributed by atoms with Crippen molar-refractivity contribution in [3.05, 3.63) is 54.7 Å². The number of anilines is 1. The molecule has 0 saturated heterocycles. The zero-order valence-electron chi connectivity index (χ0n) is 16.9. The van der Waals surface area contributed by atoms with Gasteiger partial charge in [0.2, 0.25) is 11.8 Å². The Morgan fingerprint density at radius 2 is 2.06 bits per heavy atom. The Kier molecular flexibility index (Phi) is 5.70. The molecule has 160 valence electrons. The fourth-order valence-electron chi connectivity index (χ4n) is 3.09. The molecule has 8 nitrogen and oxygen atoms in total. The molecular weight excluding hydrogens is 446 g/mol. The summed E-state index contributed by atoms with van der Waals surface area (Å²) < 4.78 is 12.2. The zero-order valence-corrected chi connectivity index (χ0v) is 18.6. The Morgan fingerprint density at radius 1 is 1.16 bits per heavy atom. The number of hydrogen-bond acceptors (Lipinski definition) is 9. The second kappa shape index (κ2) is 8.93.